The van der Waals surface area contributed by atoms with Crippen LogP contribution in [0.15, 0.2) is 41.6 Å². The third-order valence-electron chi connectivity index (χ3n) is 3.14. The second-order valence-electron chi connectivity index (χ2n) is 4.85. The average Bonchev–Trinajstić information content (AvgIpc) is 2.55. The highest BCUT2D eigenvalue weighted by Gasteiger charge is 2.16. The number of Topliss-reactive ketones (excluding diaryl/α,β-unsaturated/α-hetero) is 1. The molecule has 0 fully saturated rings. The summed E-state index contributed by atoms with van der Waals surface area (Å²) in [6.45, 7) is 0. The van der Waals surface area contributed by atoms with Gasteiger partial charge in [0, 0.05) is 23.2 Å². The molecule has 1 aromatic carbocycles. The number of aromatic nitrogens is 1. The van der Waals surface area contributed by atoms with E-state index in [0.29, 0.717) is 16.3 Å². The van der Waals surface area contributed by atoms with Gasteiger partial charge in [-0.05, 0) is 30.3 Å². The highest BCUT2D eigenvalue weighted by molar-refractivity contribution is 7.85. The predicted molar refractivity (Wildman–Crippen MR) is 89.2 cm³/mol. The lowest BCUT2D eigenvalue weighted by Crippen LogP contribution is -2.15. The lowest BCUT2D eigenvalue weighted by atomic mass is 10.1. The summed E-state index contributed by atoms with van der Waals surface area (Å²) in [4.78, 5) is 26.9. The van der Waals surface area contributed by atoms with E-state index in [1.807, 2.05) is 0 Å². The Morgan fingerprint density at radius 2 is 2.04 bits per heavy atom. The fourth-order valence-electron chi connectivity index (χ4n) is 2.04. The average molecular weight is 368 g/mol. The number of aromatic carboxylic acids is 1. The minimum absolute atomic E-state index is 0.00803. The van der Waals surface area contributed by atoms with E-state index in [1.54, 1.807) is 18.2 Å². The second kappa shape index (κ2) is 8.03. The maximum Gasteiger partial charge on any atom is 0.335 e. The standard InChI is InChI=1S/C16H14ClNO5S/c1-23-14-3-2-12(17)6-11(14)7-13(19)9-24(22)15-8-10(16(20)21)4-5-18-15/h2-6,8H,7,9H2,1H3,(H,20,21). The number of methoxy groups -OCH3 is 1. The first-order valence-electron chi connectivity index (χ1n) is 6.82. The van der Waals surface area contributed by atoms with E-state index in [0.717, 1.165) is 0 Å². The van der Waals surface area contributed by atoms with Gasteiger partial charge in [0.2, 0.25) is 0 Å². The van der Waals surface area contributed by atoms with Gasteiger partial charge >= 0.3 is 5.97 Å². The molecule has 126 valence electrons. The molecule has 0 saturated heterocycles. The van der Waals surface area contributed by atoms with Crippen LogP contribution in [-0.2, 0) is 22.0 Å². The van der Waals surface area contributed by atoms with Gasteiger partial charge in [0.15, 0.2) is 0 Å². The first kappa shape index (κ1) is 18.1. The van der Waals surface area contributed by atoms with Crippen molar-refractivity contribution < 1.29 is 23.6 Å². The number of carboxylic acids is 1. The molecule has 0 radical (unpaired) electrons. The van der Waals surface area contributed by atoms with E-state index in [-0.39, 0.29) is 28.5 Å². The van der Waals surface area contributed by atoms with Gasteiger partial charge in [-0.3, -0.25) is 9.00 Å². The minimum atomic E-state index is -1.73. The Kier molecular flexibility index (Phi) is 6.05. The zero-order chi connectivity index (χ0) is 17.7. The van der Waals surface area contributed by atoms with Crippen molar-refractivity contribution >= 4 is 34.2 Å². The summed E-state index contributed by atoms with van der Waals surface area (Å²) in [5.41, 5.74) is 0.566. The summed E-state index contributed by atoms with van der Waals surface area (Å²) in [7, 11) is -0.243. The molecule has 1 unspecified atom stereocenters. The lowest BCUT2D eigenvalue weighted by molar-refractivity contribution is -0.116. The largest absolute Gasteiger partial charge is 0.496 e. The Balaban J connectivity index is 2.10. The number of carbonyl (C=O) groups is 2. The number of carbonyl (C=O) groups excluding carboxylic acids is 1. The van der Waals surface area contributed by atoms with E-state index < -0.39 is 16.8 Å². The minimum Gasteiger partial charge on any atom is -0.496 e. The second-order valence-corrected chi connectivity index (χ2v) is 6.68. The van der Waals surface area contributed by atoms with Crippen molar-refractivity contribution in [2.24, 2.45) is 0 Å². The van der Waals surface area contributed by atoms with E-state index in [2.05, 4.69) is 4.98 Å². The van der Waals surface area contributed by atoms with Crippen molar-refractivity contribution in [1.82, 2.24) is 4.98 Å². The van der Waals surface area contributed by atoms with Gasteiger partial charge in [0.05, 0.1) is 29.2 Å². The molecular weight excluding hydrogens is 354 g/mol. The fraction of sp³-hybridized carbons (Fsp3) is 0.188. The number of nitrogens with zero attached hydrogens (tertiary/aromatic N) is 1. The van der Waals surface area contributed by atoms with Gasteiger partial charge in [-0.2, -0.15) is 0 Å². The number of hydrogen-bond donors (Lipinski definition) is 1. The number of carboxylic acid groups (broad SMARTS) is 1. The number of halogens is 1. The lowest BCUT2D eigenvalue weighted by Gasteiger charge is -2.08. The van der Waals surface area contributed by atoms with Gasteiger partial charge in [-0.15, -0.1) is 0 Å². The third kappa shape index (κ3) is 4.62. The molecule has 1 aromatic heterocycles. The van der Waals surface area contributed by atoms with Gasteiger partial charge < -0.3 is 9.84 Å². The van der Waals surface area contributed by atoms with E-state index >= 15 is 0 Å². The van der Waals surface area contributed by atoms with Crippen LogP contribution >= 0.6 is 11.6 Å². The summed E-state index contributed by atoms with van der Waals surface area (Å²) in [6, 6.07) is 7.41. The molecule has 0 saturated carbocycles. The Bertz CT molecular complexity index is 809. The van der Waals surface area contributed by atoms with Crippen LogP contribution in [0, 0.1) is 0 Å². The number of ketones is 1. The quantitative estimate of drug-likeness (QED) is 0.807. The van der Waals surface area contributed by atoms with Crippen molar-refractivity contribution in [2.75, 3.05) is 12.9 Å². The Morgan fingerprint density at radius 1 is 1.29 bits per heavy atom. The zero-order valence-corrected chi connectivity index (χ0v) is 14.3. The van der Waals surface area contributed by atoms with E-state index in [9.17, 15) is 13.8 Å². The molecule has 0 aliphatic rings. The van der Waals surface area contributed by atoms with Crippen molar-refractivity contribution in [1.29, 1.82) is 0 Å². The van der Waals surface area contributed by atoms with E-state index in [1.165, 1.54) is 25.4 Å². The molecule has 0 aliphatic heterocycles. The summed E-state index contributed by atoms with van der Waals surface area (Å²) < 4.78 is 17.4. The first-order valence-corrected chi connectivity index (χ1v) is 8.52. The Morgan fingerprint density at radius 3 is 2.71 bits per heavy atom. The van der Waals surface area contributed by atoms with Crippen LogP contribution in [-0.4, -0.2) is 38.9 Å². The molecule has 2 aromatic rings. The SMILES string of the molecule is COc1ccc(Cl)cc1CC(=O)CS(=O)c1cc(C(=O)O)ccn1. The summed E-state index contributed by atoms with van der Waals surface area (Å²) in [6.07, 6.45) is 1.26. The molecule has 1 N–H and O–H groups in total. The predicted octanol–water partition coefficient (Wildman–Crippen LogP) is 2.36. The number of benzene rings is 1. The number of rotatable bonds is 7. The summed E-state index contributed by atoms with van der Waals surface area (Å²) in [5.74, 6) is -1.20. The smallest absolute Gasteiger partial charge is 0.335 e. The van der Waals surface area contributed by atoms with Crippen LogP contribution < -0.4 is 4.74 Å². The topological polar surface area (TPSA) is 93.6 Å². The Labute approximate surface area is 145 Å². The van der Waals surface area contributed by atoms with Gasteiger partial charge in [0.1, 0.15) is 16.6 Å². The van der Waals surface area contributed by atoms with Crippen molar-refractivity contribution in [3.63, 3.8) is 0 Å². The zero-order valence-electron chi connectivity index (χ0n) is 12.7. The Hall–Kier alpha value is -2.25. The molecule has 1 atom stereocenters. The molecule has 24 heavy (non-hydrogen) atoms. The normalized spacial score (nSPS) is 11.8. The molecule has 0 aliphatic carbocycles. The number of pyridine rings is 1. The highest BCUT2D eigenvalue weighted by Crippen LogP contribution is 2.23. The van der Waals surface area contributed by atoms with Gasteiger partial charge in [0.25, 0.3) is 0 Å². The van der Waals surface area contributed by atoms with Crippen LogP contribution in [0.25, 0.3) is 0 Å². The van der Waals surface area contributed by atoms with Crippen molar-refractivity contribution in [3.05, 3.63) is 52.7 Å². The fourth-order valence-corrected chi connectivity index (χ4v) is 3.21. The van der Waals surface area contributed by atoms with Crippen LogP contribution in [0.5, 0.6) is 5.75 Å². The molecule has 0 spiro atoms. The van der Waals surface area contributed by atoms with Crippen LogP contribution in [0.1, 0.15) is 15.9 Å². The molecule has 6 nitrogen and oxygen atoms in total. The van der Waals surface area contributed by atoms with Gasteiger partial charge in [-0.25, -0.2) is 9.78 Å². The maximum absolute atomic E-state index is 12.2. The molecule has 1 heterocycles. The first-order chi connectivity index (χ1) is 11.4. The van der Waals surface area contributed by atoms with Crippen molar-refractivity contribution in [3.8, 4) is 5.75 Å². The molecular formula is C16H14ClNO5S. The number of ether oxygens (including phenoxy) is 1. The monoisotopic (exact) mass is 367 g/mol. The highest BCUT2D eigenvalue weighted by atomic mass is 35.5. The molecule has 0 amide bonds. The van der Waals surface area contributed by atoms with Gasteiger partial charge in [-0.1, -0.05) is 11.6 Å². The molecule has 0 bridgehead atoms. The summed E-state index contributed by atoms with van der Waals surface area (Å²) >= 11 is 5.91. The van der Waals surface area contributed by atoms with Crippen molar-refractivity contribution in [2.45, 2.75) is 11.4 Å². The summed E-state index contributed by atoms with van der Waals surface area (Å²) in [5, 5.41) is 9.46. The number of hydrogen-bond acceptors (Lipinski definition) is 5. The molecule has 2 rings (SSSR count). The van der Waals surface area contributed by atoms with E-state index in [4.69, 9.17) is 21.4 Å². The van der Waals surface area contributed by atoms with Crippen LogP contribution in [0.3, 0.4) is 0 Å². The maximum atomic E-state index is 12.2. The molecule has 8 heteroatoms. The van der Waals surface area contributed by atoms with Crippen LogP contribution in [0.4, 0.5) is 0 Å². The van der Waals surface area contributed by atoms with Crippen LogP contribution in [0.2, 0.25) is 5.02 Å². The third-order valence-corrected chi connectivity index (χ3v) is 4.65.